The van der Waals surface area contributed by atoms with E-state index in [0.717, 1.165) is 0 Å². The maximum Gasteiger partial charge on any atom is 0.311 e. The van der Waals surface area contributed by atoms with Crippen molar-refractivity contribution in [2.75, 3.05) is 0 Å². The third-order valence-electron chi connectivity index (χ3n) is 1.38. The van der Waals surface area contributed by atoms with E-state index >= 15 is 0 Å². The van der Waals surface area contributed by atoms with Gasteiger partial charge in [0.1, 0.15) is 12.0 Å². The zero-order valence-corrected chi connectivity index (χ0v) is 8.52. The SMILES string of the molecule is C=C/C=C\C(=C/C=C)OC(=O)CCC=O. The summed E-state index contributed by atoms with van der Waals surface area (Å²) in [4.78, 5) is 21.2. The Labute approximate surface area is 89.4 Å². The molecule has 0 radical (unpaired) electrons. The molecule has 0 aromatic heterocycles. The Morgan fingerprint density at radius 2 is 2.00 bits per heavy atom. The van der Waals surface area contributed by atoms with Crippen LogP contribution >= 0.6 is 0 Å². The number of hydrogen-bond donors (Lipinski definition) is 0. The zero-order valence-electron chi connectivity index (χ0n) is 8.52. The molecule has 0 aliphatic heterocycles. The van der Waals surface area contributed by atoms with E-state index < -0.39 is 5.97 Å². The lowest BCUT2D eigenvalue weighted by atomic mass is 10.3. The van der Waals surface area contributed by atoms with Crippen LogP contribution in [0.2, 0.25) is 0 Å². The molecule has 3 heteroatoms. The summed E-state index contributed by atoms with van der Waals surface area (Å²) >= 11 is 0. The highest BCUT2D eigenvalue weighted by atomic mass is 16.5. The topological polar surface area (TPSA) is 43.4 Å². The summed E-state index contributed by atoms with van der Waals surface area (Å²) in [6.45, 7) is 6.99. The first-order chi connectivity index (χ1) is 7.24. The van der Waals surface area contributed by atoms with Gasteiger partial charge in [-0.2, -0.15) is 0 Å². The molecule has 0 fully saturated rings. The van der Waals surface area contributed by atoms with E-state index in [9.17, 15) is 9.59 Å². The van der Waals surface area contributed by atoms with Crippen LogP contribution in [0.3, 0.4) is 0 Å². The van der Waals surface area contributed by atoms with Gasteiger partial charge in [-0.1, -0.05) is 31.4 Å². The van der Waals surface area contributed by atoms with Gasteiger partial charge in [0.25, 0.3) is 0 Å². The van der Waals surface area contributed by atoms with E-state index in [-0.39, 0.29) is 12.8 Å². The Hall–Kier alpha value is -1.90. The van der Waals surface area contributed by atoms with Crippen LogP contribution in [-0.4, -0.2) is 12.3 Å². The Morgan fingerprint density at radius 1 is 1.27 bits per heavy atom. The number of ether oxygens (including phenoxy) is 1. The first kappa shape index (κ1) is 13.1. The van der Waals surface area contributed by atoms with E-state index in [1.54, 1.807) is 24.3 Å². The molecule has 0 heterocycles. The predicted octanol–water partition coefficient (Wildman–Crippen LogP) is 2.32. The molecule has 0 aromatic rings. The fourth-order valence-electron chi connectivity index (χ4n) is 0.762. The molecular formula is C12H14O3. The predicted molar refractivity (Wildman–Crippen MR) is 59.0 cm³/mol. The first-order valence-corrected chi connectivity index (χ1v) is 4.50. The van der Waals surface area contributed by atoms with Crippen LogP contribution in [0.25, 0.3) is 0 Å². The summed E-state index contributed by atoms with van der Waals surface area (Å²) in [5.41, 5.74) is 0. The average Bonchev–Trinajstić information content (AvgIpc) is 2.23. The molecule has 0 spiro atoms. The smallest absolute Gasteiger partial charge is 0.311 e. The van der Waals surface area contributed by atoms with Crippen LogP contribution < -0.4 is 0 Å². The van der Waals surface area contributed by atoms with E-state index in [2.05, 4.69) is 13.2 Å². The molecule has 0 atom stereocenters. The number of esters is 1. The van der Waals surface area contributed by atoms with Gasteiger partial charge in [-0.3, -0.25) is 4.79 Å². The molecule has 0 aliphatic rings. The van der Waals surface area contributed by atoms with Crippen molar-refractivity contribution >= 4 is 12.3 Å². The van der Waals surface area contributed by atoms with Crippen LogP contribution in [0.1, 0.15) is 12.8 Å². The average molecular weight is 206 g/mol. The van der Waals surface area contributed by atoms with Crippen LogP contribution in [0.5, 0.6) is 0 Å². The second-order valence-corrected chi connectivity index (χ2v) is 2.58. The van der Waals surface area contributed by atoms with Crippen molar-refractivity contribution < 1.29 is 14.3 Å². The lowest BCUT2D eigenvalue weighted by Crippen LogP contribution is -2.03. The van der Waals surface area contributed by atoms with Gasteiger partial charge in [0.15, 0.2) is 0 Å². The molecule has 0 saturated carbocycles. The molecule has 0 saturated heterocycles. The van der Waals surface area contributed by atoms with Crippen LogP contribution in [-0.2, 0) is 14.3 Å². The second-order valence-electron chi connectivity index (χ2n) is 2.58. The number of aldehydes is 1. The number of rotatable bonds is 7. The number of allylic oxidation sites excluding steroid dienone is 5. The Balaban J connectivity index is 4.28. The van der Waals surface area contributed by atoms with Gasteiger partial charge in [0, 0.05) is 6.42 Å². The normalized spacial score (nSPS) is 11.1. The minimum absolute atomic E-state index is 0.0832. The first-order valence-electron chi connectivity index (χ1n) is 4.50. The highest BCUT2D eigenvalue weighted by Crippen LogP contribution is 2.03. The molecule has 0 N–H and O–H groups in total. The highest BCUT2D eigenvalue weighted by molar-refractivity contribution is 5.73. The number of carbonyl (C=O) groups is 2. The lowest BCUT2D eigenvalue weighted by Gasteiger charge is -2.02. The zero-order chi connectivity index (χ0) is 11.5. The molecule has 0 bridgehead atoms. The monoisotopic (exact) mass is 206 g/mol. The van der Waals surface area contributed by atoms with Crippen LogP contribution in [0, 0.1) is 0 Å². The molecule has 0 unspecified atom stereocenters. The molecule has 0 aromatic carbocycles. The third kappa shape index (κ3) is 7.19. The number of carbonyl (C=O) groups excluding carboxylic acids is 2. The van der Waals surface area contributed by atoms with Crippen molar-refractivity contribution in [1.29, 1.82) is 0 Å². The Morgan fingerprint density at radius 3 is 2.53 bits per heavy atom. The van der Waals surface area contributed by atoms with Gasteiger partial charge < -0.3 is 9.53 Å². The quantitative estimate of drug-likeness (QED) is 0.278. The van der Waals surface area contributed by atoms with E-state index in [0.29, 0.717) is 12.0 Å². The largest absolute Gasteiger partial charge is 0.427 e. The van der Waals surface area contributed by atoms with Crippen LogP contribution in [0.4, 0.5) is 0 Å². The maximum absolute atomic E-state index is 11.1. The molecule has 0 rings (SSSR count). The van der Waals surface area contributed by atoms with E-state index in [1.165, 1.54) is 6.08 Å². The maximum atomic E-state index is 11.1. The second kappa shape index (κ2) is 8.69. The van der Waals surface area contributed by atoms with Gasteiger partial charge >= 0.3 is 5.97 Å². The fourth-order valence-corrected chi connectivity index (χ4v) is 0.762. The van der Waals surface area contributed by atoms with Crippen LogP contribution in [0.15, 0.2) is 49.3 Å². The molecule has 80 valence electrons. The van der Waals surface area contributed by atoms with Gasteiger partial charge in [0.05, 0.1) is 6.42 Å². The fraction of sp³-hybridized carbons (Fsp3) is 0.167. The molecule has 0 aliphatic carbocycles. The molecule has 3 nitrogen and oxygen atoms in total. The molecular weight excluding hydrogens is 192 g/mol. The van der Waals surface area contributed by atoms with Crippen molar-refractivity contribution in [3.8, 4) is 0 Å². The Kier molecular flexibility index (Phi) is 7.59. The standard InChI is InChI=1S/C12H14O3/c1-3-5-8-11(7-4-2)15-12(14)9-6-10-13/h3-5,7-8,10H,1-2,6,9H2/b8-5-,11-7+. The lowest BCUT2D eigenvalue weighted by molar-refractivity contribution is -0.139. The summed E-state index contributed by atoms with van der Waals surface area (Å²) in [6, 6.07) is 0. The Bertz CT molecular complexity index is 298. The van der Waals surface area contributed by atoms with E-state index in [1.807, 2.05) is 0 Å². The highest BCUT2D eigenvalue weighted by Gasteiger charge is 2.03. The van der Waals surface area contributed by atoms with Gasteiger partial charge in [-0.25, -0.2) is 0 Å². The van der Waals surface area contributed by atoms with E-state index in [4.69, 9.17) is 4.74 Å². The third-order valence-corrected chi connectivity index (χ3v) is 1.38. The summed E-state index contributed by atoms with van der Waals surface area (Å²) in [5.74, 6) is -0.0651. The van der Waals surface area contributed by atoms with Crippen molar-refractivity contribution in [2.45, 2.75) is 12.8 Å². The minimum Gasteiger partial charge on any atom is -0.427 e. The van der Waals surface area contributed by atoms with Gasteiger partial charge in [-0.05, 0) is 12.2 Å². The molecule has 0 amide bonds. The molecule has 15 heavy (non-hydrogen) atoms. The minimum atomic E-state index is -0.441. The van der Waals surface area contributed by atoms with Gasteiger partial charge in [-0.15, -0.1) is 0 Å². The van der Waals surface area contributed by atoms with Crippen molar-refractivity contribution in [3.05, 3.63) is 49.3 Å². The summed E-state index contributed by atoms with van der Waals surface area (Å²) in [7, 11) is 0. The summed E-state index contributed by atoms with van der Waals surface area (Å²) in [5, 5.41) is 0. The summed E-state index contributed by atoms with van der Waals surface area (Å²) in [6.07, 6.45) is 8.80. The van der Waals surface area contributed by atoms with Crippen molar-refractivity contribution in [2.24, 2.45) is 0 Å². The van der Waals surface area contributed by atoms with Gasteiger partial charge in [0.2, 0.25) is 0 Å². The number of hydrogen-bond acceptors (Lipinski definition) is 3. The summed E-state index contributed by atoms with van der Waals surface area (Å²) < 4.78 is 4.95. The van der Waals surface area contributed by atoms with Crippen molar-refractivity contribution in [1.82, 2.24) is 0 Å². The van der Waals surface area contributed by atoms with Crippen molar-refractivity contribution in [3.63, 3.8) is 0 Å².